The predicted octanol–water partition coefficient (Wildman–Crippen LogP) is 3.48. The summed E-state index contributed by atoms with van der Waals surface area (Å²) in [6.07, 6.45) is 0.215. The van der Waals surface area contributed by atoms with Crippen molar-refractivity contribution in [2.75, 3.05) is 16.0 Å². The zero-order valence-corrected chi connectivity index (χ0v) is 17.3. The summed E-state index contributed by atoms with van der Waals surface area (Å²) >= 11 is 1.22. The van der Waals surface area contributed by atoms with Crippen molar-refractivity contribution in [2.24, 2.45) is 7.05 Å². The van der Waals surface area contributed by atoms with Gasteiger partial charge in [-0.2, -0.15) is 0 Å². The van der Waals surface area contributed by atoms with Crippen LogP contribution < -0.4 is 10.2 Å². The van der Waals surface area contributed by atoms with Gasteiger partial charge < -0.3 is 14.8 Å². The van der Waals surface area contributed by atoms with Gasteiger partial charge in [0.15, 0.2) is 11.0 Å². The first-order valence-corrected chi connectivity index (χ1v) is 10.4. The van der Waals surface area contributed by atoms with Crippen LogP contribution in [0, 0.1) is 5.82 Å². The molecule has 1 aromatic heterocycles. The number of benzene rings is 2. The van der Waals surface area contributed by atoms with E-state index in [1.54, 1.807) is 40.8 Å². The van der Waals surface area contributed by atoms with Gasteiger partial charge in [-0.3, -0.25) is 9.59 Å². The molecule has 0 bridgehead atoms. The number of nitrogens with zero attached hydrogens (tertiary/aromatic N) is 4. The van der Waals surface area contributed by atoms with Gasteiger partial charge in [0.05, 0.1) is 22.7 Å². The van der Waals surface area contributed by atoms with Crippen LogP contribution in [0.3, 0.4) is 0 Å². The number of anilines is 2. The third-order valence-electron chi connectivity index (χ3n) is 4.90. The van der Waals surface area contributed by atoms with Crippen LogP contribution >= 0.6 is 11.8 Å². The van der Waals surface area contributed by atoms with Gasteiger partial charge in [0.25, 0.3) is 0 Å². The number of para-hydroxylation sites is 2. The molecule has 1 N–H and O–H groups in total. The molecule has 2 aromatic carbocycles. The molecule has 4 rings (SSSR count). The van der Waals surface area contributed by atoms with Crippen LogP contribution in [0.1, 0.15) is 13.3 Å². The molecule has 0 saturated heterocycles. The van der Waals surface area contributed by atoms with E-state index in [4.69, 9.17) is 0 Å². The van der Waals surface area contributed by atoms with Crippen LogP contribution in [0.15, 0.2) is 53.7 Å². The maximum absolute atomic E-state index is 14.1. The lowest BCUT2D eigenvalue weighted by Crippen LogP contribution is -2.40. The molecule has 0 radical (unpaired) electrons. The summed E-state index contributed by atoms with van der Waals surface area (Å²) in [4.78, 5) is 26.8. The molecule has 0 spiro atoms. The molecule has 154 valence electrons. The summed E-state index contributed by atoms with van der Waals surface area (Å²) in [6, 6.07) is 13.3. The average Bonchev–Trinajstić information content (AvgIpc) is 3.01. The Morgan fingerprint density at radius 2 is 1.93 bits per heavy atom. The van der Waals surface area contributed by atoms with Crippen LogP contribution in [-0.2, 0) is 16.6 Å². The largest absolute Gasteiger partial charge is 0.324 e. The molecule has 2 heterocycles. The number of rotatable bonds is 4. The van der Waals surface area contributed by atoms with Gasteiger partial charge in [-0.05, 0) is 31.2 Å². The third kappa shape index (κ3) is 3.80. The molecule has 1 aliphatic heterocycles. The van der Waals surface area contributed by atoms with E-state index in [-0.39, 0.29) is 35.8 Å². The second-order valence-corrected chi connectivity index (χ2v) is 7.96. The van der Waals surface area contributed by atoms with E-state index in [2.05, 4.69) is 15.5 Å². The Labute approximate surface area is 177 Å². The molecule has 0 aliphatic carbocycles. The number of aromatic nitrogens is 3. The van der Waals surface area contributed by atoms with E-state index in [0.29, 0.717) is 27.9 Å². The lowest BCUT2D eigenvalue weighted by Gasteiger charge is -2.27. The lowest BCUT2D eigenvalue weighted by atomic mass is 10.2. The number of thioether (sulfide) groups is 1. The minimum atomic E-state index is -0.382. The fourth-order valence-corrected chi connectivity index (χ4v) is 4.25. The van der Waals surface area contributed by atoms with Gasteiger partial charge in [0.1, 0.15) is 5.82 Å². The van der Waals surface area contributed by atoms with Gasteiger partial charge in [-0.1, -0.05) is 36.0 Å². The molecule has 7 nitrogen and oxygen atoms in total. The second-order valence-electron chi connectivity index (χ2n) is 7.02. The topological polar surface area (TPSA) is 80.1 Å². The molecule has 3 aromatic rings. The van der Waals surface area contributed by atoms with Crippen molar-refractivity contribution in [1.29, 1.82) is 0 Å². The SMILES string of the molecule is CC1CC(=O)Nc2ccccc2N1C(=O)CSc1nnc(-c2ccccc2F)n1C. The van der Waals surface area contributed by atoms with Gasteiger partial charge in [0.2, 0.25) is 11.8 Å². The Bertz CT molecular complexity index is 1120. The highest BCUT2D eigenvalue weighted by Crippen LogP contribution is 2.32. The zero-order chi connectivity index (χ0) is 21.3. The Balaban J connectivity index is 1.54. The maximum Gasteiger partial charge on any atom is 0.237 e. The Kier molecular flexibility index (Phi) is 5.54. The summed E-state index contributed by atoms with van der Waals surface area (Å²) in [5.41, 5.74) is 1.64. The first-order chi connectivity index (χ1) is 14.5. The average molecular weight is 425 g/mol. The van der Waals surface area contributed by atoms with E-state index < -0.39 is 0 Å². The molecule has 1 aliphatic rings. The Morgan fingerprint density at radius 1 is 1.20 bits per heavy atom. The highest BCUT2D eigenvalue weighted by molar-refractivity contribution is 7.99. The van der Waals surface area contributed by atoms with Gasteiger partial charge in [-0.15, -0.1) is 10.2 Å². The van der Waals surface area contributed by atoms with E-state index in [1.165, 1.54) is 17.8 Å². The molecule has 2 amide bonds. The summed E-state index contributed by atoms with van der Waals surface area (Å²) < 4.78 is 15.8. The van der Waals surface area contributed by atoms with Gasteiger partial charge in [-0.25, -0.2) is 4.39 Å². The van der Waals surface area contributed by atoms with Gasteiger partial charge in [0, 0.05) is 19.5 Å². The van der Waals surface area contributed by atoms with Crippen LogP contribution in [-0.4, -0.2) is 38.4 Å². The number of fused-ring (bicyclic) bond motifs is 1. The maximum atomic E-state index is 14.1. The summed E-state index contributed by atoms with van der Waals surface area (Å²) in [7, 11) is 1.74. The van der Waals surface area contributed by atoms with Crippen molar-refractivity contribution in [3.05, 3.63) is 54.3 Å². The summed E-state index contributed by atoms with van der Waals surface area (Å²) in [6.45, 7) is 1.85. The predicted molar refractivity (Wildman–Crippen MR) is 114 cm³/mol. The molecule has 1 unspecified atom stereocenters. The number of carbonyl (C=O) groups excluding carboxylic acids is 2. The number of carbonyl (C=O) groups is 2. The van der Waals surface area contributed by atoms with Crippen molar-refractivity contribution in [1.82, 2.24) is 14.8 Å². The number of amides is 2. The van der Waals surface area contributed by atoms with E-state index in [1.807, 2.05) is 25.1 Å². The molecular weight excluding hydrogens is 405 g/mol. The minimum absolute atomic E-state index is 0.107. The monoisotopic (exact) mass is 425 g/mol. The number of nitrogens with one attached hydrogen (secondary N) is 1. The second kappa shape index (κ2) is 8.27. The zero-order valence-electron chi connectivity index (χ0n) is 16.5. The highest BCUT2D eigenvalue weighted by atomic mass is 32.2. The first-order valence-electron chi connectivity index (χ1n) is 9.43. The van der Waals surface area contributed by atoms with Gasteiger partial charge >= 0.3 is 0 Å². The number of hydrogen-bond acceptors (Lipinski definition) is 5. The quantitative estimate of drug-likeness (QED) is 0.648. The number of hydrogen-bond donors (Lipinski definition) is 1. The minimum Gasteiger partial charge on any atom is -0.324 e. The Morgan fingerprint density at radius 3 is 2.73 bits per heavy atom. The Hall–Kier alpha value is -3.20. The molecule has 9 heteroatoms. The lowest BCUT2D eigenvalue weighted by molar-refractivity contribution is -0.117. The van der Waals surface area contributed by atoms with E-state index in [0.717, 1.165) is 0 Å². The molecule has 30 heavy (non-hydrogen) atoms. The van der Waals surface area contributed by atoms with Crippen molar-refractivity contribution >= 4 is 35.0 Å². The van der Waals surface area contributed by atoms with Crippen LogP contribution in [0.4, 0.5) is 15.8 Å². The molecule has 0 fully saturated rings. The van der Waals surface area contributed by atoms with Crippen LogP contribution in [0.5, 0.6) is 0 Å². The van der Waals surface area contributed by atoms with Crippen molar-refractivity contribution in [2.45, 2.75) is 24.5 Å². The fourth-order valence-electron chi connectivity index (χ4n) is 3.48. The van der Waals surface area contributed by atoms with Crippen molar-refractivity contribution in [3.63, 3.8) is 0 Å². The molecule has 0 saturated carbocycles. The molecular formula is C21H20FN5O2S. The van der Waals surface area contributed by atoms with E-state index >= 15 is 0 Å². The first kappa shape index (κ1) is 20.1. The fraction of sp³-hybridized carbons (Fsp3) is 0.238. The summed E-state index contributed by atoms with van der Waals surface area (Å²) in [5, 5.41) is 11.6. The van der Waals surface area contributed by atoms with Crippen LogP contribution in [0.2, 0.25) is 0 Å². The third-order valence-corrected chi connectivity index (χ3v) is 5.91. The van der Waals surface area contributed by atoms with Crippen molar-refractivity contribution in [3.8, 4) is 11.4 Å². The normalized spacial score (nSPS) is 16.0. The smallest absolute Gasteiger partial charge is 0.237 e. The standard InChI is InChI=1S/C21H20FN5O2S/c1-13-11-18(28)23-16-9-5-6-10-17(16)27(13)19(29)12-30-21-25-24-20(26(21)2)14-7-3-4-8-15(14)22/h3-10,13H,11-12H2,1-2H3,(H,23,28). The van der Waals surface area contributed by atoms with Crippen LogP contribution in [0.25, 0.3) is 11.4 Å². The number of halogens is 1. The van der Waals surface area contributed by atoms with E-state index in [9.17, 15) is 14.0 Å². The van der Waals surface area contributed by atoms with Crippen molar-refractivity contribution < 1.29 is 14.0 Å². The summed E-state index contributed by atoms with van der Waals surface area (Å²) in [5.74, 6) is -0.150. The highest BCUT2D eigenvalue weighted by Gasteiger charge is 2.29. The molecule has 1 atom stereocenters.